The summed E-state index contributed by atoms with van der Waals surface area (Å²) in [4.78, 5) is 11.8. The van der Waals surface area contributed by atoms with Crippen LogP contribution >= 0.6 is 0 Å². The molecule has 0 aromatic heterocycles. The lowest BCUT2D eigenvalue weighted by Gasteiger charge is -2.25. The molecule has 3 nitrogen and oxygen atoms in total. The maximum Gasteiger partial charge on any atom is 0.240 e. The van der Waals surface area contributed by atoms with Gasteiger partial charge in [0.2, 0.25) is 5.91 Å². The molecule has 2 unspecified atom stereocenters. The molecule has 94 valence electrons. The molecule has 16 heavy (non-hydrogen) atoms. The number of carbonyl (C=O) groups is 1. The average molecular weight is 226 g/mol. The quantitative estimate of drug-likeness (QED) is 0.493. The van der Waals surface area contributed by atoms with Crippen LogP contribution in [0.3, 0.4) is 0 Å². The van der Waals surface area contributed by atoms with Crippen LogP contribution in [0.4, 0.5) is 0 Å². The number of amides is 1. The van der Waals surface area contributed by atoms with Crippen LogP contribution in [0.15, 0.2) is 12.7 Å². The minimum Gasteiger partial charge on any atom is -0.352 e. The normalized spacial score (nSPS) is 16.2. The van der Waals surface area contributed by atoms with Crippen molar-refractivity contribution in [2.45, 2.75) is 64.5 Å². The van der Waals surface area contributed by atoms with Crippen molar-refractivity contribution >= 4 is 5.91 Å². The van der Waals surface area contributed by atoms with E-state index in [9.17, 15) is 4.79 Å². The summed E-state index contributed by atoms with van der Waals surface area (Å²) in [7, 11) is 0. The van der Waals surface area contributed by atoms with Crippen LogP contribution in [0.25, 0.3) is 0 Å². The zero-order valence-electron chi connectivity index (χ0n) is 10.9. The molecule has 2 atom stereocenters. The predicted octanol–water partition coefficient (Wildman–Crippen LogP) is 2.36. The van der Waals surface area contributed by atoms with Gasteiger partial charge in [0, 0.05) is 6.04 Å². The fourth-order valence-corrected chi connectivity index (χ4v) is 1.66. The standard InChI is InChI=1S/C13H26N2O/c1-5-7-8-9-11(3)15-12(16)13(4,14)10-6-2/h5,11H,1,6-10,14H2,2-4H3,(H,15,16). The van der Waals surface area contributed by atoms with Gasteiger partial charge in [-0.25, -0.2) is 0 Å². The van der Waals surface area contributed by atoms with E-state index >= 15 is 0 Å². The summed E-state index contributed by atoms with van der Waals surface area (Å²) in [6.07, 6.45) is 6.57. The Morgan fingerprint density at radius 3 is 2.75 bits per heavy atom. The molecule has 0 saturated carbocycles. The molecule has 0 fully saturated rings. The van der Waals surface area contributed by atoms with Crippen LogP contribution in [0.1, 0.15) is 52.9 Å². The van der Waals surface area contributed by atoms with Crippen molar-refractivity contribution in [3.05, 3.63) is 12.7 Å². The van der Waals surface area contributed by atoms with Gasteiger partial charge in [-0.05, 0) is 39.5 Å². The second kappa shape index (κ2) is 7.44. The first-order chi connectivity index (χ1) is 7.44. The lowest BCUT2D eigenvalue weighted by Crippen LogP contribution is -2.53. The highest BCUT2D eigenvalue weighted by Gasteiger charge is 2.27. The highest BCUT2D eigenvalue weighted by molar-refractivity contribution is 5.85. The van der Waals surface area contributed by atoms with Crippen molar-refractivity contribution < 1.29 is 4.79 Å². The monoisotopic (exact) mass is 226 g/mol. The van der Waals surface area contributed by atoms with E-state index in [1.165, 1.54) is 0 Å². The maximum atomic E-state index is 11.8. The molecular weight excluding hydrogens is 200 g/mol. The topological polar surface area (TPSA) is 55.1 Å². The van der Waals surface area contributed by atoms with Gasteiger partial charge in [0.15, 0.2) is 0 Å². The molecule has 0 aromatic carbocycles. The van der Waals surface area contributed by atoms with E-state index in [1.54, 1.807) is 6.92 Å². The Kier molecular flexibility index (Phi) is 7.06. The Balaban J connectivity index is 3.97. The average Bonchev–Trinajstić information content (AvgIpc) is 2.17. The summed E-state index contributed by atoms with van der Waals surface area (Å²) >= 11 is 0. The summed E-state index contributed by atoms with van der Waals surface area (Å²) in [5, 5.41) is 2.97. The van der Waals surface area contributed by atoms with Gasteiger partial charge in [0.25, 0.3) is 0 Å². The van der Waals surface area contributed by atoms with Gasteiger partial charge in [0.05, 0.1) is 5.54 Å². The summed E-state index contributed by atoms with van der Waals surface area (Å²) in [6.45, 7) is 9.52. The van der Waals surface area contributed by atoms with Gasteiger partial charge in [-0.1, -0.05) is 19.4 Å². The van der Waals surface area contributed by atoms with Gasteiger partial charge >= 0.3 is 0 Å². The third-order valence-corrected chi connectivity index (χ3v) is 2.71. The van der Waals surface area contributed by atoms with Crippen LogP contribution < -0.4 is 11.1 Å². The first kappa shape index (κ1) is 15.2. The smallest absolute Gasteiger partial charge is 0.240 e. The van der Waals surface area contributed by atoms with Crippen LogP contribution in [0, 0.1) is 0 Å². The van der Waals surface area contributed by atoms with Crippen molar-refractivity contribution in [1.82, 2.24) is 5.32 Å². The minimum atomic E-state index is -0.735. The molecule has 0 heterocycles. The summed E-state index contributed by atoms with van der Waals surface area (Å²) < 4.78 is 0. The Morgan fingerprint density at radius 2 is 2.25 bits per heavy atom. The van der Waals surface area contributed by atoms with Crippen LogP contribution in [-0.4, -0.2) is 17.5 Å². The highest BCUT2D eigenvalue weighted by atomic mass is 16.2. The van der Waals surface area contributed by atoms with Crippen molar-refractivity contribution in [3.63, 3.8) is 0 Å². The molecule has 0 bridgehead atoms. The van der Waals surface area contributed by atoms with E-state index < -0.39 is 5.54 Å². The molecule has 3 heteroatoms. The summed E-state index contributed by atoms with van der Waals surface area (Å²) in [5.74, 6) is -0.0412. The summed E-state index contributed by atoms with van der Waals surface area (Å²) in [5.41, 5.74) is 5.21. The van der Waals surface area contributed by atoms with Crippen molar-refractivity contribution in [3.8, 4) is 0 Å². The van der Waals surface area contributed by atoms with E-state index in [2.05, 4.69) is 11.9 Å². The lowest BCUT2D eigenvalue weighted by molar-refractivity contribution is -0.126. The van der Waals surface area contributed by atoms with Gasteiger partial charge in [-0.15, -0.1) is 6.58 Å². The number of hydrogen-bond donors (Lipinski definition) is 2. The van der Waals surface area contributed by atoms with Gasteiger partial charge in [-0.3, -0.25) is 4.79 Å². The second-order valence-corrected chi connectivity index (χ2v) is 4.76. The third-order valence-electron chi connectivity index (χ3n) is 2.71. The van der Waals surface area contributed by atoms with Gasteiger partial charge in [0.1, 0.15) is 0 Å². The number of nitrogens with two attached hydrogens (primary N) is 1. The predicted molar refractivity (Wildman–Crippen MR) is 69.2 cm³/mol. The minimum absolute atomic E-state index is 0.0412. The molecule has 0 radical (unpaired) electrons. The third kappa shape index (κ3) is 5.91. The Labute approximate surface area is 99.5 Å². The number of hydrogen-bond acceptors (Lipinski definition) is 2. The number of rotatable bonds is 8. The number of unbranched alkanes of at least 4 members (excludes halogenated alkanes) is 1. The van der Waals surface area contributed by atoms with Crippen LogP contribution in [0.2, 0.25) is 0 Å². The largest absolute Gasteiger partial charge is 0.352 e. The Bertz CT molecular complexity index is 224. The molecule has 0 aliphatic rings. The molecule has 0 aliphatic heterocycles. The zero-order chi connectivity index (χ0) is 12.6. The summed E-state index contributed by atoms with van der Waals surface area (Å²) in [6, 6.07) is 0.187. The Morgan fingerprint density at radius 1 is 1.62 bits per heavy atom. The van der Waals surface area contributed by atoms with Crippen molar-refractivity contribution in [1.29, 1.82) is 0 Å². The molecule has 0 rings (SSSR count). The molecule has 0 saturated heterocycles. The SMILES string of the molecule is C=CCCCC(C)NC(=O)C(C)(N)CCC. The van der Waals surface area contributed by atoms with Crippen LogP contribution in [0.5, 0.6) is 0 Å². The molecule has 3 N–H and O–H groups in total. The van der Waals surface area contributed by atoms with E-state index in [4.69, 9.17) is 5.73 Å². The fourth-order valence-electron chi connectivity index (χ4n) is 1.66. The maximum absolute atomic E-state index is 11.8. The van der Waals surface area contributed by atoms with E-state index in [-0.39, 0.29) is 11.9 Å². The first-order valence-electron chi connectivity index (χ1n) is 6.14. The Hall–Kier alpha value is -0.830. The lowest BCUT2D eigenvalue weighted by atomic mass is 9.96. The van der Waals surface area contributed by atoms with Gasteiger partial charge < -0.3 is 11.1 Å². The molecule has 0 aromatic rings. The van der Waals surface area contributed by atoms with Crippen molar-refractivity contribution in [2.75, 3.05) is 0 Å². The number of carbonyl (C=O) groups excluding carboxylic acids is 1. The molecular formula is C13H26N2O. The van der Waals surface area contributed by atoms with E-state index in [0.29, 0.717) is 0 Å². The molecule has 0 aliphatic carbocycles. The van der Waals surface area contributed by atoms with Crippen molar-refractivity contribution in [2.24, 2.45) is 5.73 Å². The number of nitrogens with one attached hydrogen (secondary N) is 1. The van der Waals surface area contributed by atoms with E-state index in [1.807, 2.05) is 19.9 Å². The second-order valence-electron chi connectivity index (χ2n) is 4.76. The molecule has 1 amide bonds. The number of allylic oxidation sites excluding steroid dienone is 1. The van der Waals surface area contributed by atoms with Gasteiger partial charge in [-0.2, -0.15) is 0 Å². The van der Waals surface area contributed by atoms with E-state index in [0.717, 1.165) is 32.1 Å². The first-order valence-corrected chi connectivity index (χ1v) is 6.14. The highest BCUT2D eigenvalue weighted by Crippen LogP contribution is 2.10. The molecule has 0 spiro atoms. The fraction of sp³-hybridized carbons (Fsp3) is 0.769. The zero-order valence-corrected chi connectivity index (χ0v) is 10.9. The van der Waals surface area contributed by atoms with Crippen LogP contribution in [-0.2, 0) is 4.79 Å².